The summed E-state index contributed by atoms with van der Waals surface area (Å²) in [5.41, 5.74) is 0.911. The zero-order valence-electron chi connectivity index (χ0n) is 17.9. The molecule has 0 aliphatic heterocycles. The fourth-order valence-corrected chi connectivity index (χ4v) is 3.18. The van der Waals surface area contributed by atoms with E-state index in [9.17, 15) is 19.2 Å². The van der Waals surface area contributed by atoms with Crippen LogP contribution < -0.4 is 5.32 Å². The third-order valence-electron chi connectivity index (χ3n) is 4.77. The summed E-state index contributed by atoms with van der Waals surface area (Å²) < 4.78 is 4.85. The Morgan fingerprint density at radius 1 is 1.03 bits per heavy atom. The molecule has 0 aliphatic rings. The molecule has 1 N–H and O–H groups in total. The van der Waals surface area contributed by atoms with Gasteiger partial charge in [-0.05, 0) is 24.3 Å². The van der Waals surface area contributed by atoms with Gasteiger partial charge in [-0.15, -0.1) is 0 Å². The van der Waals surface area contributed by atoms with E-state index in [-0.39, 0.29) is 42.7 Å². The number of esters is 1. The van der Waals surface area contributed by atoms with E-state index in [0.29, 0.717) is 19.3 Å². The molecule has 2 atom stereocenters. The topological polar surface area (TPSA) is 89.5 Å². The van der Waals surface area contributed by atoms with Crippen LogP contribution in [-0.2, 0) is 30.3 Å². The van der Waals surface area contributed by atoms with Crippen molar-refractivity contribution < 1.29 is 23.9 Å². The number of carbonyl (C=O) groups is 4. The highest BCUT2D eigenvalue weighted by Crippen LogP contribution is 2.19. The zero-order valence-corrected chi connectivity index (χ0v) is 17.9. The lowest BCUT2D eigenvalue weighted by Crippen LogP contribution is -2.43. The van der Waals surface area contributed by atoms with Gasteiger partial charge in [0, 0.05) is 25.7 Å². The monoisotopic (exact) mass is 403 g/mol. The number of Topliss-reactive ketones (excluding diaryl/α,β-unsaturated/α-hetero) is 2. The van der Waals surface area contributed by atoms with E-state index >= 15 is 0 Å². The van der Waals surface area contributed by atoms with Crippen molar-refractivity contribution in [3.63, 3.8) is 0 Å². The normalized spacial score (nSPS) is 12.9. The average molecular weight is 404 g/mol. The molecule has 0 unspecified atom stereocenters. The SMILES string of the molecule is CCC(=O)CCC(=O)N[C@@H](Cc1ccccc1)C(=O)C[C@@H](CC(C)C)C(=O)OC. The minimum absolute atomic E-state index is 0.00812. The molecule has 0 aromatic heterocycles. The average Bonchev–Trinajstić information content (AvgIpc) is 2.70. The summed E-state index contributed by atoms with van der Waals surface area (Å²) in [5.74, 6) is -1.25. The Balaban J connectivity index is 2.89. The molecule has 0 aliphatic carbocycles. The van der Waals surface area contributed by atoms with Gasteiger partial charge in [0.1, 0.15) is 5.78 Å². The van der Waals surface area contributed by atoms with E-state index in [2.05, 4.69) is 5.32 Å². The van der Waals surface area contributed by atoms with Gasteiger partial charge < -0.3 is 10.1 Å². The van der Waals surface area contributed by atoms with Crippen LogP contribution in [0.2, 0.25) is 0 Å². The van der Waals surface area contributed by atoms with Crippen molar-refractivity contribution in [2.75, 3.05) is 7.11 Å². The first kappa shape index (κ1) is 24.5. The van der Waals surface area contributed by atoms with Crippen molar-refractivity contribution in [1.29, 1.82) is 0 Å². The lowest BCUT2D eigenvalue weighted by Gasteiger charge is -2.21. The lowest BCUT2D eigenvalue weighted by atomic mass is 9.89. The Morgan fingerprint density at radius 2 is 1.69 bits per heavy atom. The smallest absolute Gasteiger partial charge is 0.309 e. The van der Waals surface area contributed by atoms with Crippen LogP contribution in [0.3, 0.4) is 0 Å². The number of ketones is 2. The molecule has 0 fully saturated rings. The van der Waals surface area contributed by atoms with Crippen LogP contribution in [0, 0.1) is 11.8 Å². The molecular formula is C23H33NO5. The van der Waals surface area contributed by atoms with Gasteiger partial charge in [-0.3, -0.25) is 19.2 Å². The Bertz CT molecular complexity index is 684. The molecule has 0 spiro atoms. The molecule has 1 rings (SSSR count). The maximum Gasteiger partial charge on any atom is 0.309 e. The number of hydrogen-bond acceptors (Lipinski definition) is 5. The summed E-state index contributed by atoms with van der Waals surface area (Å²) >= 11 is 0. The van der Waals surface area contributed by atoms with E-state index in [1.807, 2.05) is 44.2 Å². The Labute approximate surface area is 173 Å². The Hall–Kier alpha value is -2.50. The van der Waals surface area contributed by atoms with E-state index in [1.54, 1.807) is 6.92 Å². The summed E-state index contributed by atoms with van der Waals surface area (Å²) in [5, 5.41) is 2.77. The van der Waals surface area contributed by atoms with Gasteiger partial charge in [0.05, 0.1) is 19.1 Å². The molecule has 6 heteroatoms. The van der Waals surface area contributed by atoms with E-state index < -0.39 is 17.9 Å². The van der Waals surface area contributed by atoms with Crippen LogP contribution in [0.5, 0.6) is 0 Å². The van der Waals surface area contributed by atoms with Crippen LogP contribution in [0.25, 0.3) is 0 Å². The van der Waals surface area contributed by atoms with Crippen molar-refractivity contribution in [1.82, 2.24) is 5.32 Å². The number of hydrogen-bond donors (Lipinski definition) is 1. The molecule has 0 saturated heterocycles. The molecule has 1 aromatic rings. The molecule has 0 bridgehead atoms. The molecule has 1 aromatic carbocycles. The number of rotatable bonds is 13. The van der Waals surface area contributed by atoms with Crippen LogP contribution >= 0.6 is 0 Å². The second-order valence-corrected chi connectivity index (χ2v) is 7.72. The van der Waals surface area contributed by atoms with Crippen LogP contribution in [0.4, 0.5) is 0 Å². The van der Waals surface area contributed by atoms with E-state index in [4.69, 9.17) is 4.74 Å². The van der Waals surface area contributed by atoms with Crippen LogP contribution in [0.1, 0.15) is 58.4 Å². The fraction of sp³-hybridized carbons (Fsp3) is 0.565. The highest BCUT2D eigenvalue weighted by molar-refractivity contribution is 5.92. The highest BCUT2D eigenvalue weighted by Gasteiger charge is 2.29. The first-order chi connectivity index (χ1) is 13.8. The fourth-order valence-electron chi connectivity index (χ4n) is 3.18. The molecule has 29 heavy (non-hydrogen) atoms. The molecule has 6 nitrogen and oxygen atoms in total. The molecule has 160 valence electrons. The lowest BCUT2D eigenvalue weighted by molar-refractivity contribution is -0.148. The molecule has 0 radical (unpaired) electrons. The van der Waals surface area contributed by atoms with Crippen LogP contribution in [-0.4, -0.2) is 36.6 Å². The Morgan fingerprint density at radius 3 is 2.24 bits per heavy atom. The number of carbonyl (C=O) groups excluding carboxylic acids is 4. The first-order valence-electron chi connectivity index (χ1n) is 10.2. The van der Waals surface area contributed by atoms with Crippen LogP contribution in [0.15, 0.2) is 30.3 Å². The number of amides is 1. The third-order valence-corrected chi connectivity index (χ3v) is 4.77. The van der Waals surface area contributed by atoms with Crippen molar-refractivity contribution in [2.24, 2.45) is 11.8 Å². The zero-order chi connectivity index (χ0) is 21.8. The first-order valence-corrected chi connectivity index (χ1v) is 10.2. The summed E-state index contributed by atoms with van der Waals surface area (Å²) in [7, 11) is 1.31. The molecule has 0 saturated carbocycles. The standard InChI is InChI=1S/C23H33NO5/c1-5-19(25)11-12-22(27)24-20(14-17-9-7-6-8-10-17)21(26)15-18(13-16(2)3)23(28)29-4/h6-10,16,18,20H,5,11-15H2,1-4H3,(H,24,27)/t18-,20+/m1/s1. The van der Waals surface area contributed by atoms with E-state index in [1.165, 1.54) is 7.11 Å². The summed E-state index contributed by atoms with van der Waals surface area (Å²) in [4.78, 5) is 48.9. The quantitative estimate of drug-likeness (QED) is 0.511. The molecular weight excluding hydrogens is 370 g/mol. The summed E-state index contributed by atoms with van der Waals surface area (Å²) in [6.45, 7) is 5.71. The predicted molar refractivity (Wildman–Crippen MR) is 111 cm³/mol. The van der Waals surface area contributed by atoms with Crippen molar-refractivity contribution in [3.8, 4) is 0 Å². The Kier molecular flexibility index (Phi) is 10.9. The van der Waals surface area contributed by atoms with E-state index in [0.717, 1.165) is 5.56 Å². The summed E-state index contributed by atoms with van der Waals surface area (Å²) in [6.07, 6.45) is 1.48. The largest absolute Gasteiger partial charge is 0.469 e. The van der Waals surface area contributed by atoms with Gasteiger partial charge in [0.25, 0.3) is 0 Å². The number of benzene rings is 1. The maximum atomic E-state index is 13.0. The van der Waals surface area contributed by atoms with Gasteiger partial charge in [-0.2, -0.15) is 0 Å². The van der Waals surface area contributed by atoms with Crippen molar-refractivity contribution in [3.05, 3.63) is 35.9 Å². The maximum absolute atomic E-state index is 13.0. The number of methoxy groups -OCH3 is 1. The van der Waals surface area contributed by atoms with Gasteiger partial charge in [-0.1, -0.05) is 51.1 Å². The minimum Gasteiger partial charge on any atom is -0.469 e. The van der Waals surface area contributed by atoms with Gasteiger partial charge in [-0.25, -0.2) is 0 Å². The van der Waals surface area contributed by atoms with Gasteiger partial charge >= 0.3 is 5.97 Å². The van der Waals surface area contributed by atoms with Crippen molar-refractivity contribution in [2.45, 2.75) is 65.3 Å². The minimum atomic E-state index is -0.749. The highest BCUT2D eigenvalue weighted by atomic mass is 16.5. The van der Waals surface area contributed by atoms with Gasteiger partial charge in [0.15, 0.2) is 5.78 Å². The predicted octanol–water partition coefficient (Wildman–Crippen LogP) is 3.27. The second-order valence-electron chi connectivity index (χ2n) is 7.72. The second kappa shape index (κ2) is 12.9. The van der Waals surface area contributed by atoms with Gasteiger partial charge in [0.2, 0.25) is 5.91 Å². The molecule has 0 heterocycles. The third kappa shape index (κ3) is 9.50. The number of ether oxygens (including phenoxy) is 1. The number of nitrogens with one attached hydrogen (secondary N) is 1. The summed E-state index contributed by atoms with van der Waals surface area (Å²) in [6, 6.07) is 8.65. The molecule has 1 amide bonds. The van der Waals surface area contributed by atoms with Crippen molar-refractivity contribution >= 4 is 23.4 Å².